The maximum Gasteiger partial charge on any atom is 0.330 e. The predicted molar refractivity (Wildman–Crippen MR) is 99.7 cm³/mol. The van der Waals surface area contributed by atoms with Gasteiger partial charge in [-0.05, 0) is 27.9 Å². The Morgan fingerprint density at radius 1 is 1.38 bits per heavy atom. The van der Waals surface area contributed by atoms with Gasteiger partial charge in [-0.1, -0.05) is 6.92 Å². The summed E-state index contributed by atoms with van der Waals surface area (Å²) >= 11 is 0. The van der Waals surface area contributed by atoms with Gasteiger partial charge < -0.3 is 9.26 Å². The molecule has 0 saturated carbocycles. The smallest absolute Gasteiger partial charge is 0.330 e. The monoisotopic (exact) mass is 388 g/mol. The summed E-state index contributed by atoms with van der Waals surface area (Å²) in [6.07, 6.45) is 0.951. The van der Waals surface area contributed by atoms with Crippen molar-refractivity contribution in [2.24, 2.45) is 0 Å². The zero-order valence-electron chi connectivity index (χ0n) is 16.0. The van der Waals surface area contributed by atoms with Gasteiger partial charge in [-0.3, -0.25) is 23.8 Å². The minimum absolute atomic E-state index is 0.168. The Kier molecular flexibility index (Phi) is 6.99. The summed E-state index contributed by atoms with van der Waals surface area (Å²) in [5.74, 6) is 0. The quantitative estimate of drug-likeness (QED) is 0.694. The van der Waals surface area contributed by atoms with Crippen LogP contribution in [-0.4, -0.2) is 71.2 Å². The largest absolute Gasteiger partial charge is 0.350 e. The summed E-state index contributed by atoms with van der Waals surface area (Å²) < 4.78 is 27.5. The van der Waals surface area contributed by atoms with E-state index in [1.165, 1.54) is 16.8 Å². The molecule has 0 aromatic carbocycles. The van der Waals surface area contributed by atoms with Gasteiger partial charge in [-0.2, -0.15) is 0 Å². The molecular weight excluding hydrogens is 359 g/mol. The molecule has 9 nitrogen and oxygen atoms in total. The molecule has 1 unspecified atom stereocenters. The van der Waals surface area contributed by atoms with Gasteiger partial charge >= 0.3 is 5.69 Å². The van der Waals surface area contributed by atoms with Gasteiger partial charge in [0.15, 0.2) is 6.23 Å². The van der Waals surface area contributed by atoms with Crippen LogP contribution in [0.15, 0.2) is 21.9 Å². The molecule has 1 aliphatic heterocycles. The van der Waals surface area contributed by atoms with Crippen molar-refractivity contribution in [1.29, 1.82) is 0 Å². The van der Waals surface area contributed by atoms with Gasteiger partial charge in [0.05, 0.1) is 12.7 Å². The molecule has 1 aliphatic rings. The van der Waals surface area contributed by atoms with Crippen LogP contribution in [0.5, 0.6) is 0 Å². The number of hydrogen-bond donors (Lipinski definition) is 1. The first-order chi connectivity index (χ1) is 12.2. The highest BCUT2D eigenvalue weighted by atomic mass is 31.2. The summed E-state index contributed by atoms with van der Waals surface area (Å²) in [6, 6.07) is 1.54. The molecule has 1 aromatic heterocycles. The maximum atomic E-state index is 12.7. The summed E-state index contributed by atoms with van der Waals surface area (Å²) in [5, 5.41) is 0. The molecule has 0 aliphatic carbocycles. The highest BCUT2D eigenvalue weighted by Gasteiger charge is 2.33. The van der Waals surface area contributed by atoms with Crippen LogP contribution < -0.4 is 11.2 Å². The lowest BCUT2D eigenvalue weighted by Gasteiger charge is -2.40. The lowest BCUT2D eigenvalue weighted by atomic mass is 10.2. The van der Waals surface area contributed by atoms with Crippen LogP contribution in [0.25, 0.3) is 0 Å². The van der Waals surface area contributed by atoms with Crippen molar-refractivity contribution in [3.63, 3.8) is 0 Å². The number of aromatic amines is 1. The highest BCUT2D eigenvalue weighted by molar-refractivity contribution is 7.56. The molecule has 1 aromatic rings. The first-order valence-corrected chi connectivity index (χ1v) is 10.5. The zero-order valence-corrected chi connectivity index (χ0v) is 16.9. The van der Waals surface area contributed by atoms with Crippen LogP contribution in [0.2, 0.25) is 0 Å². The first kappa shape index (κ1) is 21.1. The van der Waals surface area contributed by atoms with E-state index in [0.29, 0.717) is 19.3 Å². The second-order valence-corrected chi connectivity index (χ2v) is 9.84. The van der Waals surface area contributed by atoms with Crippen molar-refractivity contribution in [3.8, 4) is 0 Å². The SMILES string of the molecule is CCP(=O)(OC[C@@H]1CN(C(C)C)C[C@H](n2ccc(=O)[nH]c2=O)O1)N(C)C. The minimum atomic E-state index is -2.87. The van der Waals surface area contributed by atoms with Crippen molar-refractivity contribution < 1.29 is 13.8 Å². The molecule has 148 valence electrons. The highest BCUT2D eigenvalue weighted by Crippen LogP contribution is 2.48. The second kappa shape index (κ2) is 8.63. The van der Waals surface area contributed by atoms with Crippen LogP contribution in [-0.2, 0) is 13.8 Å². The van der Waals surface area contributed by atoms with E-state index in [4.69, 9.17) is 9.26 Å². The standard InChI is InChI=1S/C16H29N4O5P/c1-6-26(23,18(4)5)24-11-13-9-19(12(2)3)10-15(25-13)20-8-7-14(21)17-16(20)22/h7-8,12-13,15H,6,9-11H2,1-5H3,(H,17,21,22)/t13-,15+,26?/m0/s1. The summed E-state index contributed by atoms with van der Waals surface area (Å²) in [6.45, 7) is 7.24. The molecule has 10 heteroatoms. The third-order valence-electron chi connectivity index (χ3n) is 4.54. The van der Waals surface area contributed by atoms with Crippen LogP contribution >= 0.6 is 7.52 Å². The van der Waals surface area contributed by atoms with E-state index in [1.807, 2.05) is 6.92 Å². The topological polar surface area (TPSA) is 96.9 Å². The fourth-order valence-corrected chi connectivity index (χ4v) is 4.23. The third-order valence-corrected chi connectivity index (χ3v) is 7.11. The Bertz CT molecular complexity index is 759. The zero-order chi connectivity index (χ0) is 19.5. The Morgan fingerprint density at radius 2 is 2.08 bits per heavy atom. The summed E-state index contributed by atoms with van der Waals surface area (Å²) in [4.78, 5) is 27.8. The first-order valence-electron chi connectivity index (χ1n) is 8.78. The van der Waals surface area contributed by atoms with E-state index < -0.39 is 25.0 Å². The molecule has 0 radical (unpaired) electrons. The van der Waals surface area contributed by atoms with Crippen LogP contribution in [0.1, 0.15) is 27.0 Å². The third kappa shape index (κ3) is 4.92. The molecule has 0 spiro atoms. The normalized spacial score (nSPS) is 24.1. The van der Waals surface area contributed by atoms with Crippen LogP contribution in [0, 0.1) is 0 Å². The molecule has 26 heavy (non-hydrogen) atoms. The maximum absolute atomic E-state index is 12.7. The molecule has 2 heterocycles. The van der Waals surface area contributed by atoms with E-state index in [0.717, 1.165) is 0 Å². The lowest BCUT2D eigenvalue weighted by Crippen LogP contribution is -2.51. The number of H-pyrrole nitrogens is 1. The fraction of sp³-hybridized carbons (Fsp3) is 0.750. The Balaban J connectivity index is 2.18. The number of hydrogen-bond acceptors (Lipinski definition) is 6. The van der Waals surface area contributed by atoms with Crippen molar-refractivity contribution in [3.05, 3.63) is 33.1 Å². The van der Waals surface area contributed by atoms with Gasteiger partial charge in [-0.15, -0.1) is 0 Å². The Morgan fingerprint density at radius 3 is 2.62 bits per heavy atom. The second-order valence-electron chi connectivity index (χ2n) is 6.87. The molecule has 3 atom stereocenters. The predicted octanol–water partition coefficient (Wildman–Crippen LogP) is 0.936. The number of rotatable bonds is 7. The number of morpholine rings is 1. The lowest BCUT2D eigenvalue weighted by molar-refractivity contribution is -0.139. The number of nitrogens with zero attached hydrogens (tertiary/aromatic N) is 3. The van der Waals surface area contributed by atoms with E-state index in [-0.39, 0.29) is 18.8 Å². The van der Waals surface area contributed by atoms with Gasteiger partial charge in [0.2, 0.25) is 0 Å². The van der Waals surface area contributed by atoms with Crippen molar-refractivity contribution in [1.82, 2.24) is 19.1 Å². The Hall–Kier alpha value is -1.25. The molecule has 2 rings (SSSR count). The van der Waals surface area contributed by atoms with E-state index in [9.17, 15) is 14.2 Å². The van der Waals surface area contributed by atoms with Crippen molar-refractivity contribution in [2.75, 3.05) is 40.0 Å². The molecule has 1 saturated heterocycles. The number of nitrogens with one attached hydrogen (secondary N) is 1. The van der Waals surface area contributed by atoms with Crippen LogP contribution in [0.3, 0.4) is 0 Å². The number of ether oxygens (including phenoxy) is 1. The molecule has 0 amide bonds. The number of aromatic nitrogens is 2. The molecular formula is C16H29N4O5P. The fourth-order valence-electron chi connectivity index (χ4n) is 2.86. The van der Waals surface area contributed by atoms with Crippen molar-refractivity contribution in [2.45, 2.75) is 39.1 Å². The minimum Gasteiger partial charge on any atom is -0.350 e. The average Bonchev–Trinajstić information content (AvgIpc) is 2.59. The van der Waals surface area contributed by atoms with Gasteiger partial charge in [-0.25, -0.2) is 9.46 Å². The molecule has 1 N–H and O–H groups in total. The van der Waals surface area contributed by atoms with Crippen LogP contribution in [0.4, 0.5) is 0 Å². The summed E-state index contributed by atoms with van der Waals surface area (Å²) in [7, 11) is 0.591. The van der Waals surface area contributed by atoms with Gasteiger partial charge in [0.25, 0.3) is 13.1 Å². The van der Waals surface area contributed by atoms with E-state index >= 15 is 0 Å². The summed E-state index contributed by atoms with van der Waals surface area (Å²) in [5.41, 5.74) is -0.960. The Labute approximate surface area is 153 Å². The van der Waals surface area contributed by atoms with Crippen molar-refractivity contribution >= 4 is 7.52 Å². The van der Waals surface area contributed by atoms with Gasteiger partial charge in [0.1, 0.15) is 0 Å². The van der Waals surface area contributed by atoms with Gasteiger partial charge in [0, 0.05) is 37.6 Å². The average molecular weight is 388 g/mol. The van der Waals surface area contributed by atoms with E-state index in [1.54, 1.807) is 18.8 Å². The van der Waals surface area contributed by atoms with E-state index in [2.05, 4.69) is 23.7 Å². The molecule has 0 bridgehead atoms. The molecule has 1 fully saturated rings.